The largest absolute Gasteiger partial charge is 0.465 e. The Morgan fingerprint density at radius 3 is 2.36 bits per heavy atom. The number of anilines is 1. The summed E-state index contributed by atoms with van der Waals surface area (Å²) in [7, 11) is 4.37. The van der Waals surface area contributed by atoms with Gasteiger partial charge >= 0.3 is 5.97 Å². The molecule has 1 aromatic heterocycles. The monoisotopic (exact) mass is 405 g/mol. The molecular formula is C18H19N3O6S. The van der Waals surface area contributed by atoms with Gasteiger partial charge in [-0.05, 0) is 31.5 Å². The van der Waals surface area contributed by atoms with Crippen LogP contribution in [0.2, 0.25) is 0 Å². The molecule has 0 aliphatic carbocycles. The number of amides is 2. The fraction of sp³-hybridized carbons (Fsp3) is 0.278. The summed E-state index contributed by atoms with van der Waals surface area (Å²) >= 11 is 0.969. The average molecular weight is 405 g/mol. The number of hydrogen-bond donors (Lipinski definition) is 1. The van der Waals surface area contributed by atoms with E-state index >= 15 is 0 Å². The minimum absolute atomic E-state index is 0.0994. The van der Waals surface area contributed by atoms with Crippen LogP contribution in [0.5, 0.6) is 0 Å². The summed E-state index contributed by atoms with van der Waals surface area (Å²) in [6, 6.07) is 3.95. The summed E-state index contributed by atoms with van der Waals surface area (Å²) < 4.78 is 4.78. The maximum absolute atomic E-state index is 12.6. The van der Waals surface area contributed by atoms with E-state index in [1.807, 2.05) is 0 Å². The quantitative estimate of drug-likeness (QED) is 0.464. The molecule has 9 nitrogen and oxygen atoms in total. The van der Waals surface area contributed by atoms with Crippen molar-refractivity contribution in [3.63, 3.8) is 0 Å². The molecule has 0 fully saturated rings. The first kappa shape index (κ1) is 21.0. The molecule has 148 valence electrons. The van der Waals surface area contributed by atoms with Gasteiger partial charge in [0.2, 0.25) is 0 Å². The predicted molar refractivity (Wildman–Crippen MR) is 104 cm³/mol. The second-order valence-electron chi connectivity index (χ2n) is 6.16. The summed E-state index contributed by atoms with van der Waals surface area (Å²) in [4.78, 5) is 49.2. The molecule has 0 saturated heterocycles. The lowest BCUT2D eigenvalue weighted by Crippen LogP contribution is -2.21. The Labute approximate surface area is 165 Å². The Morgan fingerprint density at radius 1 is 1.21 bits per heavy atom. The SMILES string of the molecule is COC(=O)c1c(NC(=O)c2ccc([N+](=O)[O-])c(C)c2)sc(C(=O)N(C)C)c1C. The maximum Gasteiger partial charge on any atom is 0.341 e. The van der Waals surface area contributed by atoms with Crippen LogP contribution in [0, 0.1) is 24.0 Å². The maximum atomic E-state index is 12.6. The number of aryl methyl sites for hydroxylation is 1. The molecule has 0 unspecified atom stereocenters. The van der Waals surface area contributed by atoms with Crippen LogP contribution in [0.4, 0.5) is 10.7 Å². The van der Waals surface area contributed by atoms with E-state index in [0.29, 0.717) is 16.0 Å². The summed E-state index contributed by atoms with van der Waals surface area (Å²) in [6.45, 7) is 3.13. The third kappa shape index (κ3) is 4.01. The fourth-order valence-corrected chi connectivity index (χ4v) is 3.74. The molecule has 10 heteroatoms. The number of methoxy groups -OCH3 is 1. The van der Waals surface area contributed by atoms with Crippen molar-refractivity contribution < 1.29 is 24.0 Å². The number of thiophene rings is 1. The molecule has 2 aromatic rings. The number of nitro benzene ring substituents is 1. The van der Waals surface area contributed by atoms with Crippen molar-refractivity contribution in [2.24, 2.45) is 0 Å². The summed E-state index contributed by atoms with van der Waals surface area (Å²) in [5.74, 6) is -1.55. The highest BCUT2D eigenvalue weighted by molar-refractivity contribution is 7.18. The van der Waals surface area contributed by atoms with Crippen molar-refractivity contribution in [3.05, 3.63) is 55.4 Å². The number of hydrogen-bond acceptors (Lipinski definition) is 7. The van der Waals surface area contributed by atoms with Gasteiger partial charge in [-0.1, -0.05) is 0 Å². The van der Waals surface area contributed by atoms with Crippen molar-refractivity contribution in [1.29, 1.82) is 0 Å². The summed E-state index contributed by atoms with van der Waals surface area (Å²) in [6.07, 6.45) is 0. The van der Waals surface area contributed by atoms with Crippen LogP contribution in [0.15, 0.2) is 18.2 Å². The predicted octanol–water partition coefficient (Wildman–Crippen LogP) is 3.01. The van der Waals surface area contributed by atoms with Crippen molar-refractivity contribution in [3.8, 4) is 0 Å². The standard InChI is InChI=1S/C18H19N3O6S/c1-9-8-11(6-7-12(9)21(25)26)15(22)19-16-13(18(24)27-5)10(2)14(28-16)17(23)20(3)4/h6-8H,1-5H3,(H,19,22). The molecule has 1 aromatic carbocycles. The minimum Gasteiger partial charge on any atom is -0.465 e. The summed E-state index contributed by atoms with van der Waals surface area (Å²) in [5, 5.41) is 13.7. The molecule has 0 atom stereocenters. The van der Waals surface area contributed by atoms with Crippen LogP contribution in [-0.2, 0) is 4.74 Å². The van der Waals surface area contributed by atoms with Crippen molar-refractivity contribution in [2.75, 3.05) is 26.5 Å². The van der Waals surface area contributed by atoms with Gasteiger partial charge in [0.15, 0.2) is 0 Å². The molecule has 28 heavy (non-hydrogen) atoms. The number of benzene rings is 1. The minimum atomic E-state index is -0.679. The van der Waals surface area contributed by atoms with Crippen molar-refractivity contribution in [2.45, 2.75) is 13.8 Å². The molecule has 0 bridgehead atoms. The first-order chi connectivity index (χ1) is 13.1. The Bertz CT molecular complexity index is 980. The number of carbonyl (C=O) groups is 3. The number of esters is 1. The lowest BCUT2D eigenvalue weighted by Gasteiger charge is -2.08. The highest BCUT2D eigenvalue weighted by Crippen LogP contribution is 2.34. The first-order valence-electron chi connectivity index (χ1n) is 8.08. The number of ether oxygens (including phenoxy) is 1. The fourth-order valence-electron chi connectivity index (χ4n) is 2.53. The molecular weight excluding hydrogens is 386 g/mol. The second kappa shape index (κ2) is 8.17. The lowest BCUT2D eigenvalue weighted by atomic mass is 10.1. The highest BCUT2D eigenvalue weighted by Gasteiger charge is 2.27. The molecule has 0 saturated carbocycles. The molecule has 0 aliphatic rings. The van der Waals surface area contributed by atoms with Gasteiger partial charge < -0.3 is 15.0 Å². The molecule has 1 N–H and O–H groups in total. The van der Waals surface area contributed by atoms with Crippen molar-refractivity contribution in [1.82, 2.24) is 4.90 Å². The summed E-state index contributed by atoms with van der Waals surface area (Å²) in [5.41, 5.74) is 0.926. The number of rotatable bonds is 5. The van der Waals surface area contributed by atoms with E-state index in [-0.39, 0.29) is 27.7 Å². The number of carbonyl (C=O) groups excluding carboxylic acids is 3. The van der Waals surface area contributed by atoms with Crippen LogP contribution >= 0.6 is 11.3 Å². The van der Waals surface area contributed by atoms with Gasteiger partial charge in [-0.3, -0.25) is 19.7 Å². The van der Waals surface area contributed by atoms with E-state index in [0.717, 1.165) is 11.3 Å². The topological polar surface area (TPSA) is 119 Å². The normalized spacial score (nSPS) is 10.3. The molecule has 0 spiro atoms. The number of nitrogens with zero attached hydrogens (tertiary/aromatic N) is 2. The van der Waals surface area contributed by atoms with E-state index in [1.165, 1.54) is 37.1 Å². The van der Waals surface area contributed by atoms with E-state index in [1.54, 1.807) is 21.0 Å². The Balaban J connectivity index is 2.44. The third-order valence-corrected chi connectivity index (χ3v) is 5.21. The van der Waals surface area contributed by atoms with Gasteiger partial charge in [-0.2, -0.15) is 0 Å². The zero-order chi connectivity index (χ0) is 21.2. The zero-order valence-electron chi connectivity index (χ0n) is 16.0. The second-order valence-corrected chi connectivity index (χ2v) is 7.18. The van der Waals surface area contributed by atoms with Crippen LogP contribution in [0.1, 0.15) is 41.5 Å². The first-order valence-corrected chi connectivity index (χ1v) is 8.89. The lowest BCUT2D eigenvalue weighted by molar-refractivity contribution is -0.385. The Morgan fingerprint density at radius 2 is 1.86 bits per heavy atom. The molecule has 0 aliphatic heterocycles. The van der Waals surface area contributed by atoms with E-state index in [9.17, 15) is 24.5 Å². The average Bonchev–Trinajstić information content (AvgIpc) is 2.95. The van der Waals surface area contributed by atoms with Crippen LogP contribution in [0.3, 0.4) is 0 Å². The Hall–Kier alpha value is -3.27. The Kier molecular flexibility index (Phi) is 6.14. The van der Waals surface area contributed by atoms with E-state index in [4.69, 9.17) is 4.74 Å². The number of nitrogens with one attached hydrogen (secondary N) is 1. The van der Waals surface area contributed by atoms with Gasteiger partial charge in [0, 0.05) is 31.3 Å². The van der Waals surface area contributed by atoms with Gasteiger partial charge in [0.25, 0.3) is 17.5 Å². The highest BCUT2D eigenvalue weighted by atomic mass is 32.1. The van der Waals surface area contributed by atoms with Crippen LogP contribution in [-0.4, -0.2) is 48.8 Å². The van der Waals surface area contributed by atoms with Gasteiger partial charge in [-0.25, -0.2) is 4.79 Å². The molecule has 1 heterocycles. The third-order valence-electron chi connectivity index (χ3n) is 4.02. The van der Waals surface area contributed by atoms with Crippen LogP contribution in [0.25, 0.3) is 0 Å². The van der Waals surface area contributed by atoms with E-state index in [2.05, 4.69) is 5.32 Å². The molecule has 2 amide bonds. The van der Waals surface area contributed by atoms with Gasteiger partial charge in [-0.15, -0.1) is 11.3 Å². The van der Waals surface area contributed by atoms with Gasteiger partial charge in [0.1, 0.15) is 5.00 Å². The van der Waals surface area contributed by atoms with Gasteiger partial charge in [0.05, 0.1) is 22.5 Å². The van der Waals surface area contributed by atoms with Crippen molar-refractivity contribution >= 4 is 39.8 Å². The van der Waals surface area contributed by atoms with E-state index < -0.39 is 16.8 Å². The smallest absolute Gasteiger partial charge is 0.341 e. The number of nitro groups is 1. The van der Waals surface area contributed by atoms with Crippen LogP contribution < -0.4 is 5.32 Å². The molecule has 2 rings (SSSR count). The molecule has 0 radical (unpaired) electrons. The zero-order valence-corrected chi connectivity index (χ0v) is 16.8.